The van der Waals surface area contributed by atoms with E-state index in [1.54, 1.807) is 13.8 Å². The van der Waals surface area contributed by atoms with Crippen LogP contribution in [-0.2, 0) is 68.5 Å². The van der Waals surface area contributed by atoms with Gasteiger partial charge in [0, 0.05) is 84.7 Å². The van der Waals surface area contributed by atoms with Crippen LogP contribution in [0, 0.1) is 17.6 Å². The number of nitrogens with one attached hydrogen (secondary N) is 10. The minimum Gasteiger partial charge on any atom is -0.493 e. The summed E-state index contributed by atoms with van der Waals surface area (Å²) in [5.74, 6) is -7.52. The number of rotatable bonds is 34. The number of aliphatic carboxylic acids is 2. The quantitative estimate of drug-likeness (QED) is 0.0174. The second-order valence-electron chi connectivity index (χ2n) is 25.2. The molecule has 4 heterocycles. The Morgan fingerprint density at radius 2 is 1.34 bits per heavy atom. The molecule has 8 rings (SSSR count). The maximum absolute atomic E-state index is 15.2. The van der Waals surface area contributed by atoms with Crippen LogP contribution in [0.25, 0.3) is 11.1 Å². The smallest absolute Gasteiger partial charge is 0.319 e. The van der Waals surface area contributed by atoms with Crippen LogP contribution < -0.4 is 62.0 Å². The summed E-state index contributed by atoms with van der Waals surface area (Å²) in [5, 5.41) is 43.2. The summed E-state index contributed by atoms with van der Waals surface area (Å²) in [6.45, 7) is 6.33. The first-order chi connectivity index (χ1) is 51.6. The van der Waals surface area contributed by atoms with Crippen molar-refractivity contribution in [3.8, 4) is 22.8 Å². The molecular formula is C71H86F2N14O19S2. The van der Waals surface area contributed by atoms with Gasteiger partial charge >= 0.3 is 30.0 Å². The average molecular weight is 1540 g/mol. The minimum atomic E-state index is -4.19. The summed E-state index contributed by atoms with van der Waals surface area (Å²) in [5.41, 5.74) is 1.95. The first kappa shape index (κ1) is 82.5. The third-order valence-corrected chi connectivity index (χ3v) is 18.9. The maximum atomic E-state index is 15.2. The molecule has 4 aromatic carbocycles. The van der Waals surface area contributed by atoms with E-state index in [1.165, 1.54) is 109 Å². The van der Waals surface area contributed by atoms with Crippen LogP contribution in [-0.4, -0.2) is 188 Å². The fourth-order valence-electron chi connectivity index (χ4n) is 11.1. The summed E-state index contributed by atoms with van der Waals surface area (Å²) in [6, 6.07) is 18.6. The lowest BCUT2D eigenvalue weighted by Gasteiger charge is -2.29. The van der Waals surface area contributed by atoms with Gasteiger partial charge in [-0.15, -0.1) is 0 Å². The predicted molar refractivity (Wildman–Crippen MR) is 392 cm³/mol. The highest BCUT2D eigenvalue weighted by atomic mass is 32.2. The van der Waals surface area contributed by atoms with Crippen molar-refractivity contribution in [3.63, 3.8) is 0 Å². The normalized spacial score (nSPS) is 14.7. The number of likely N-dealkylation sites (tertiary alicyclic amines) is 1. The van der Waals surface area contributed by atoms with Crippen molar-refractivity contribution in [1.29, 1.82) is 0 Å². The van der Waals surface area contributed by atoms with E-state index >= 15 is 4.39 Å². The molecule has 6 aromatic rings. The number of carboxylic acids is 2. The first-order valence-corrected chi connectivity index (χ1v) is 38.0. The number of benzene rings is 4. The molecule has 0 spiro atoms. The Bertz CT molecular complexity index is 4460. The molecule has 33 nitrogen and oxygen atoms in total. The van der Waals surface area contributed by atoms with Crippen molar-refractivity contribution in [2.45, 2.75) is 101 Å². The molecule has 2 aliphatic rings. The summed E-state index contributed by atoms with van der Waals surface area (Å²) >= 11 is 0. The molecule has 1 saturated heterocycles. The summed E-state index contributed by atoms with van der Waals surface area (Å²) in [4.78, 5) is 126. The summed E-state index contributed by atoms with van der Waals surface area (Å²) in [7, 11) is -7.61. The van der Waals surface area contributed by atoms with E-state index in [0.717, 1.165) is 17.2 Å². The largest absolute Gasteiger partial charge is 0.493 e. The van der Waals surface area contributed by atoms with Crippen molar-refractivity contribution in [2.75, 3.05) is 105 Å². The number of nitrogens with zero attached hydrogens (tertiary/aromatic N) is 4. The zero-order valence-electron chi connectivity index (χ0n) is 59.5. The van der Waals surface area contributed by atoms with Crippen molar-refractivity contribution in [1.82, 2.24) is 41.5 Å². The molecule has 4 bridgehead atoms. The SMILES string of the molecule is CCCNC(=O)Nc1cccc(S(=O)(=O)Nc2cccc([C@@H](CC(=O)O)NC(=O)Nc3ccc(NC(=O)NCCOCCOCCOCCC(=O)N[C@@H](CC(=O)O)C(=O)N4CCC[C@H]4C(=O)N[C@H](C(=O)N=[S@](C)(=O)Cc4cc5nc(c4)OCCCOc4cc(F)ccc4-c4cc(ncc4F)N5)C(C)C)cc3)c2)c1. The van der Waals surface area contributed by atoms with Gasteiger partial charge in [0.15, 0.2) is 0 Å². The number of fused-ring (bicyclic) bond motifs is 6. The number of aromatic nitrogens is 2. The lowest BCUT2D eigenvalue weighted by atomic mass is 10.0. The average Bonchev–Trinajstić information content (AvgIpc) is 1.04. The molecule has 0 saturated carbocycles. The Hall–Kier alpha value is -11.2. The molecule has 12 N–H and O–H groups in total. The third-order valence-electron chi connectivity index (χ3n) is 16.1. The Balaban J connectivity index is 0.708. The van der Waals surface area contributed by atoms with Crippen molar-refractivity contribution < 1.29 is 98.5 Å². The van der Waals surface area contributed by atoms with Crippen LogP contribution >= 0.6 is 0 Å². The minimum absolute atomic E-state index is 0.0323. The monoisotopic (exact) mass is 1540 g/mol. The number of anilines is 6. The zero-order chi connectivity index (χ0) is 77.9. The lowest BCUT2D eigenvalue weighted by molar-refractivity contribution is -0.146. The number of amides is 10. The fraction of sp³-hybridized carbons (Fsp3) is 0.394. The molecular weight excluding hydrogens is 1450 g/mol. The highest BCUT2D eigenvalue weighted by molar-refractivity contribution is 7.93. The number of carbonyl (C=O) groups excluding carboxylic acids is 7. The van der Waals surface area contributed by atoms with Gasteiger partial charge in [-0.25, -0.2) is 40.8 Å². The number of carboxylic acid groups (broad SMARTS) is 2. The lowest BCUT2D eigenvalue weighted by Crippen LogP contribution is -2.56. The zero-order valence-corrected chi connectivity index (χ0v) is 61.1. The van der Waals surface area contributed by atoms with Gasteiger partial charge in [-0.2, -0.15) is 9.35 Å². The Labute approximate surface area is 621 Å². The topological polar surface area (TPSA) is 453 Å². The van der Waals surface area contributed by atoms with Gasteiger partial charge in [-0.05, 0) is 115 Å². The van der Waals surface area contributed by atoms with Crippen LogP contribution in [0.5, 0.6) is 11.6 Å². The molecule has 2 aliphatic heterocycles. The molecule has 0 unspecified atom stereocenters. The molecule has 2 aromatic heterocycles. The summed E-state index contributed by atoms with van der Waals surface area (Å²) in [6.07, 6.45) is 2.09. The van der Waals surface area contributed by atoms with E-state index in [9.17, 15) is 70.4 Å². The second kappa shape index (κ2) is 40.0. The van der Waals surface area contributed by atoms with E-state index in [0.29, 0.717) is 37.1 Å². The van der Waals surface area contributed by atoms with Gasteiger partial charge < -0.3 is 86.6 Å². The van der Waals surface area contributed by atoms with Crippen LogP contribution in [0.3, 0.4) is 0 Å². The number of hydrogen-bond acceptors (Lipinski definition) is 20. The third kappa shape index (κ3) is 26.1. The van der Waals surface area contributed by atoms with Gasteiger partial charge in [0.2, 0.25) is 23.6 Å². The first-order valence-electron chi connectivity index (χ1n) is 34.4. The maximum Gasteiger partial charge on any atom is 0.319 e. The molecule has 10 amide bonds. The van der Waals surface area contributed by atoms with Crippen molar-refractivity contribution in [2.24, 2.45) is 10.3 Å². The number of ether oxygens (including phenoxy) is 5. The number of sulfonamides is 1. The van der Waals surface area contributed by atoms with E-state index < -0.39 is 128 Å². The van der Waals surface area contributed by atoms with Gasteiger partial charge in [-0.1, -0.05) is 39.0 Å². The fourth-order valence-corrected chi connectivity index (χ4v) is 13.5. The van der Waals surface area contributed by atoms with Crippen LogP contribution in [0.15, 0.2) is 125 Å². The standard InChI is InChI=1S/C71H86F2N14O19S2/c1-5-22-74-69(96)79-49-11-7-13-51(37-49)108(100,101)85-50-12-6-10-45(35-50)55(39-63(89)90)81-71(98)78-48-18-16-47(17-19-48)77-70(97)75-23-28-103-30-32-104-31-29-102-27-21-61(88)80-56(40-64(91)92)68(95)87-24-8-14-57(87)66(93)84-65(43(2)3)67(94)86-107(4,99)42-44-33-60-82-59-38-53(54(73)41-76-59)52-20-15-46(72)36-58(52)105-25-9-26-106-62(34-44)83-60/h6-7,10-13,15-20,33-38,41,43,55-57,65,85H,5,8-9,14,21-32,39-40,42H2,1-4H3,(H,80,88)(H,84,93)(H,89,90)(H,91,92)(H2,74,79,96)(H2,75,77,97)(H,76,82,83)(H2,78,81,98)/t55-,56+,57+,65+,107-/m1/s1. The van der Waals surface area contributed by atoms with Crippen LogP contribution in [0.2, 0.25) is 0 Å². The van der Waals surface area contributed by atoms with E-state index in [-0.39, 0.29) is 146 Å². The Kier molecular flexibility index (Phi) is 30.5. The molecule has 580 valence electrons. The number of carbonyl (C=O) groups is 9. The molecule has 108 heavy (non-hydrogen) atoms. The van der Waals surface area contributed by atoms with Crippen molar-refractivity contribution in [3.05, 3.63) is 138 Å². The Morgan fingerprint density at radius 3 is 2.05 bits per heavy atom. The van der Waals surface area contributed by atoms with Crippen LogP contribution in [0.4, 0.5) is 57.5 Å². The molecule has 1 fully saturated rings. The number of urea groups is 3. The molecule has 0 radical (unpaired) electrons. The second-order valence-corrected chi connectivity index (χ2v) is 29.2. The van der Waals surface area contributed by atoms with E-state index in [2.05, 4.69) is 66.9 Å². The van der Waals surface area contributed by atoms with Gasteiger partial charge in [0.05, 0.1) is 98.3 Å². The molecule has 0 aliphatic carbocycles. The number of pyridine rings is 2. The predicted octanol–water partition coefficient (Wildman–Crippen LogP) is 7.47. The molecule has 37 heteroatoms. The van der Waals surface area contributed by atoms with Crippen molar-refractivity contribution >= 4 is 108 Å². The van der Waals surface area contributed by atoms with Gasteiger partial charge in [0.1, 0.15) is 47.1 Å². The number of halogens is 2. The highest BCUT2D eigenvalue weighted by Crippen LogP contribution is 2.35. The highest BCUT2D eigenvalue weighted by Gasteiger charge is 2.40. The van der Waals surface area contributed by atoms with Gasteiger partial charge in [0.25, 0.3) is 15.9 Å². The summed E-state index contributed by atoms with van der Waals surface area (Å²) < 4.78 is 105. The van der Waals surface area contributed by atoms with E-state index in [4.69, 9.17) is 23.7 Å². The number of hydrogen-bond donors (Lipinski definition) is 12. The molecule has 5 atom stereocenters. The van der Waals surface area contributed by atoms with Gasteiger partial charge in [-0.3, -0.25) is 33.5 Å². The van der Waals surface area contributed by atoms with Crippen LogP contribution in [0.1, 0.15) is 82.9 Å². The van der Waals surface area contributed by atoms with E-state index in [1.807, 2.05) is 6.92 Å². The Morgan fingerprint density at radius 1 is 0.685 bits per heavy atom.